The van der Waals surface area contributed by atoms with Crippen molar-refractivity contribution in [2.75, 3.05) is 44.1 Å². The van der Waals surface area contributed by atoms with Gasteiger partial charge in [-0.25, -0.2) is 4.98 Å². The number of rotatable bonds is 4. The number of carbonyl (C=O) groups is 1. The average Bonchev–Trinajstić information content (AvgIpc) is 2.83. The molecule has 8 heteroatoms. The Hall–Kier alpha value is -2.90. The number of hydrogen-bond donors (Lipinski definition) is 1. The number of piperidine rings is 1. The van der Waals surface area contributed by atoms with Crippen LogP contribution in [0.25, 0.3) is 0 Å². The fourth-order valence-corrected chi connectivity index (χ4v) is 5.76. The van der Waals surface area contributed by atoms with E-state index in [0.717, 1.165) is 42.9 Å². The number of allylic oxidation sites excluding steroid dienone is 3. The Morgan fingerprint density at radius 3 is 2.63 bits per heavy atom. The molecule has 0 radical (unpaired) electrons. The Morgan fingerprint density at radius 2 is 1.91 bits per heavy atom. The highest BCUT2D eigenvalue weighted by atomic mass is 35.5. The van der Waals surface area contributed by atoms with Crippen LogP contribution in [0.3, 0.4) is 0 Å². The minimum Gasteiger partial charge on any atom is -0.341 e. The van der Waals surface area contributed by atoms with Gasteiger partial charge in [0.2, 0.25) is 5.95 Å². The van der Waals surface area contributed by atoms with Gasteiger partial charge in [-0.05, 0) is 94.4 Å². The molecule has 5 rings (SSSR count). The van der Waals surface area contributed by atoms with E-state index in [-0.39, 0.29) is 5.91 Å². The van der Waals surface area contributed by atoms with E-state index in [1.807, 2.05) is 24.9 Å². The van der Waals surface area contributed by atoms with Crippen LogP contribution >= 0.6 is 11.6 Å². The normalized spacial score (nSPS) is 19.7. The number of aryl methyl sites for hydroxylation is 1. The molecule has 1 aliphatic carbocycles. The number of carbonyl (C=O) groups excluding carboxylic acids is 1. The fourth-order valence-electron chi connectivity index (χ4n) is 5.39. The van der Waals surface area contributed by atoms with Crippen molar-refractivity contribution in [3.63, 3.8) is 0 Å². The highest BCUT2D eigenvalue weighted by Gasteiger charge is 2.34. The first kappa shape index (κ1) is 23.8. The molecule has 0 saturated carbocycles. The highest BCUT2D eigenvalue weighted by Crippen LogP contribution is 2.36. The van der Waals surface area contributed by atoms with Gasteiger partial charge >= 0.3 is 0 Å². The lowest BCUT2D eigenvalue weighted by Crippen LogP contribution is -2.45. The number of halogens is 1. The second-order valence-electron chi connectivity index (χ2n) is 10.00. The van der Waals surface area contributed by atoms with Gasteiger partial charge < -0.3 is 15.1 Å². The highest BCUT2D eigenvalue weighted by molar-refractivity contribution is 6.32. The molecule has 2 aromatic rings. The first-order chi connectivity index (χ1) is 16.8. The summed E-state index contributed by atoms with van der Waals surface area (Å²) in [4.78, 5) is 28.6. The fraction of sp³-hybridized carbons (Fsp3) is 0.444. The van der Waals surface area contributed by atoms with E-state index in [1.54, 1.807) is 11.1 Å². The molecule has 1 aromatic heterocycles. The van der Waals surface area contributed by atoms with Crippen LogP contribution in [-0.2, 0) is 0 Å². The third kappa shape index (κ3) is 4.67. The molecule has 0 spiro atoms. The van der Waals surface area contributed by atoms with Crippen molar-refractivity contribution in [3.05, 3.63) is 63.5 Å². The Kier molecular flexibility index (Phi) is 6.55. The Labute approximate surface area is 212 Å². The van der Waals surface area contributed by atoms with Crippen molar-refractivity contribution >= 4 is 35.0 Å². The third-order valence-electron chi connectivity index (χ3n) is 7.39. The minimum absolute atomic E-state index is 0.120. The molecule has 1 aromatic carbocycles. The van der Waals surface area contributed by atoms with Crippen LogP contribution in [0.5, 0.6) is 0 Å². The van der Waals surface area contributed by atoms with Crippen molar-refractivity contribution in [1.82, 2.24) is 19.8 Å². The van der Waals surface area contributed by atoms with Gasteiger partial charge in [0.05, 0.1) is 17.4 Å². The number of likely N-dealkylation sites (tertiary alicyclic amines) is 1. The van der Waals surface area contributed by atoms with E-state index < -0.39 is 0 Å². The Bertz CT molecular complexity index is 1210. The summed E-state index contributed by atoms with van der Waals surface area (Å²) in [5, 5.41) is 3.97. The van der Waals surface area contributed by atoms with Gasteiger partial charge in [-0.15, -0.1) is 0 Å². The second kappa shape index (κ2) is 9.63. The number of anilines is 3. The molecule has 2 aliphatic heterocycles. The first-order valence-corrected chi connectivity index (χ1v) is 12.7. The van der Waals surface area contributed by atoms with E-state index in [0.29, 0.717) is 34.9 Å². The monoisotopic (exact) mass is 492 g/mol. The van der Waals surface area contributed by atoms with Gasteiger partial charge in [0, 0.05) is 18.9 Å². The lowest BCUT2D eigenvalue weighted by molar-refractivity contribution is 0.0796. The van der Waals surface area contributed by atoms with Crippen LogP contribution < -0.4 is 10.2 Å². The number of hydrogen-bond acceptors (Lipinski definition) is 6. The predicted molar refractivity (Wildman–Crippen MR) is 141 cm³/mol. The maximum atomic E-state index is 13.4. The number of fused-ring (bicyclic) bond motifs is 1. The van der Waals surface area contributed by atoms with Gasteiger partial charge in [-0.3, -0.25) is 9.69 Å². The third-order valence-corrected chi connectivity index (χ3v) is 7.72. The number of aromatic nitrogens is 2. The van der Waals surface area contributed by atoms with Crippen molar-refractivity contribution in [3.8, 4) is 0 Å². The smallest absolute Gasteiger partial charge is 0.265 e. The van der Waals surface area contributed by atoms with Crippen LogP contribution in [0.15, 0.2) is 46.8 Å². The second-order valence-corrected chi connectivity index (χ2v) is 10.4. The van der Waals surface area contributed by atoms with Gasteiger partial charge in [-0.2, -0.15) is 4.98 Å². The summed E-state index contributed by atoms with van der Waals surface area (Å²) in [6.45, 7) is 6.90. The summed E-state index contributed by atoms with van der Waals surface area (Å²) in [6.07, 6.45) is 7.81. The largest absolute Gasteiger partial charge is 0.341 e. The molecule has 0 bridgehead atoms. The summed E-state index contributed by atoms with van der Waals surface area (Å²) < 4.78 is 0. The zero-order chi connectivity index (χ0) is 24.7. The molecular weight excluding hydrogens is 460 g/mol. The molecule has 0 atom stereocenters. The molecule has 3 heterocycles. The summed E-state index contributed by atoms with van der Waals surface area (Å²) in [5.74, 6) is 1.60. The molecule has 3 aliphatic rings. The molecule has 7 nitrogen and oxygen atoms in total. The van der Waals surface area contributed by atoms with Crippen molar-refractivity contribution < 1.29 is 4.79 Å². The maximum absolute atomic E-state index is 13.4. The average molecular weight is 493 g/mol. The minimum atomic E-state index is -0.120. The SMILES string of the molecule is CC1=C(N2CN(C)c3nc(Nc4ccc(C5CCN(C)CC5)c(C)c4)ncc3C2=O)C(Cl)=CCC1. The van der Waals surface area contributed by atoms with Crippen molar-refractivity contribution in [1.29, 1.82) is 0 Å². The molecule has 1 N–H and O–H groups in total. The van der Waals surface area contributed by atoms with Gasteiger partial charge in [-0.1, -0.05) is 23.7 Å². The molecule has 1 saturated heterocycles. The van der Waals surface area contributed by atoms with Crippen LogP contribution in [-0.4, -0.2) is 59.5 Å². The van der Waals surface area contributed by atoms with Crippen molar-refractivity contribution in [2.24, 2.45) is 0 Å². The van der Waals surface area contributed by atoms with Gasteiger partial charge in [0.25, 0.3) is 5.91 Å². The van der Waals surface area contributed by atoms with E-state index in [4.69, 9.17) is 16.6 Å². The van der Waals surface area contributed by atoms with E-state index in [9.17, 15) is 4.79 Å². The number of amides is 1. The molecular formula is C27H33ClN6O. The first-order valence-electron chi connectivity index (χ1n) is 12.3. The van der Waals surface area contributed by atoms with Crippen LogP contribution in [0.4, 0.5) is 17.5 Å². The number of nitrogens with zero attached hydrogens (tertiary/aromatic N) is 5. The summed E-state index contributed by atoms with van der Waals surface area (Å²) in [5.41, 5.74) is 6.08. The molecule has 0 unspecified atom stereocenters. The Balaban J connectivity index is 1.35. The van der Waals surface area contributed by atoms with Crippen LogP contribution in [0.1, 0.15) is 60.0 Å². The standard InChI is InChI=1S/C27H33ClN6O/c1-17-6-5-7-23(28)24(17)34-16-33(4)25-22(26(34)35)15-29-27(31-25)30-20-8-9-21(18(2)14-20)19-10-12-32(3)13-11-19/h7-9,14-15,19H,5-6,10-13,16H2,1-4H3,(H,29,30,31). The van der Waals surface area contributed by atoms with E-state index in [1.165, 1.54) is 24.0 Å². The summed E-state index contributed by atoms with van der Waals surface area (Å²) in [6, 6.07) is 6.50. The molecule has 1 amide bonds. The lowest BCUT2D eigenvalue weighted by atomic mass is 9.87. The van der Waals surface area contributed by atoms with E-state index >= 15 is 0 Å². The summed E-state index contributed by atoms with van der Waals surface area (Å²) in [7, 11) is 4.13. The molecule has 35 heavy (non-hydrogen) atoms. The quantitative estimate of drug-likeness (QED) is 0.618. The van der Waals surface area contributed by atoms with Crippen molar-refractivity contribution in [2.45, 2.75) is 45.4 Å². The lowest BCUT2D eigenvalue weighted by Gasteiger charge is -2.37. The van der Waals surface area contributed by atoms with Gasteiger partial charge in [0.1, 0.15) is 11.4 Å². The zero-order valence-corrected chi connectivity index (χ0v) is 21.7. The Morgan fingerprint density at radius 1 is 1.14 bits per heavy atom. The summed E-state index contributed by atoms with van der Waals surface area (Å²) >= 11 is 6.49. The zero-order valence-electron chi connectivity index (χ0n) is 20.9. The van der Waals surface area contributed by atoms with Gasteiger partial charge in [0.15, 0.2) is 0 Å². The topological polar surface area (TPSA) is 64.6 Å². The maximum Gasteiger partial charge on any atom is 0.265 e. The van der Waals surface area contributed by atoms with Crippen LogP contribution in [0, 0.1) is 6.92 Å². The number of benzene rings is 1. The molecule has 1 fully saturated rings. The van der Waals surface area contributed by atoms with Crippen LogP contribution in [0.2, 0.25) is 0 Å². The predicted octanol–water partition coefficient (Wildman–Crippen LogP) is 5.38. The number of nitrogens with one attached hydrogen (secondary N) is 1. The van der Waals surface area contributed by atoms with E-state index in [2.05, 4.69) is 47.4 Å². The molecule has 184 valence electrons.